The zero-order chi connectivity index (χ0) is 9.68. The van der Waals surface area contributed by atoms with Gasteiger partial charge in [-0.15, -0.1) is 11.3 Å². The fraction of sp³-hybridized carbons (Fsp3) is 0.222. The maximum absolute atomic E-state index is 12.5. The molecular weight excluding hydrogens is 191 g/mol. The number of ether oxygens (including phenoxy) is 1. The topological polar surface area (TPSA) is 26.3 Å². The predicted octanol–water partition coefficient (Wildman–Crippen LogP) is 2.46. The van der Waals surface area contributed by atoms with Gasteiger partial charge in [-0.3, -0.25) is 0 Å². The summed E-state index contributed by atoms with van der Waals surface area (Å²) in [6.45, 7) is 2.08. The summed E-state index contributed by atoms with van der Waals surface area (Å²) in [6.07, 6.45) is 2.82. The Kier molecular flexibility index (Phi) is 3.64. The van der Waals surface area contributed by atoms with Crippen LogP contribution in [0.1, 0.15) is 11.8 Å². The monoisotopic (exact) mass is 200 g/mol. The van der Waals surface area contributed by atoms with Gasteiger partial charge < -0.3 is 4.74 Å². The normalized spacial score (nSPS) is 10.6. The Morgan fingerprint density at radius 2 is 2.46 bits per heavy atom. The summed E-state index contributed by atoms with van der Waals surface area (Å²) < 4.78 is 17.1. The molecule has 0 aliphatic heterocycles. The SMILES string of the molecule is CCOC(=O)/C=C/c1ccc(F)s1. The van der Waals surface area contributed by atoms with Gasteiger partial charge in [-0.1, -0.05) is 0 Å². The molecule has 0 amide bonds. The molecule has 0 radical (unpaired) electrons. The van der Waals surface area contributed by atoms with E-state index in [0.717, 1.165) is 11.3 Å². The van der Waals surface area contributed by atoms with Gasteiger partial charge in [0.05, 0.1) is 6.61 Å². The molecule has 0 N–H and O–H groups in total. The molecule has 0 saturated carbocycles. The quantitative estimate of drug-likeness (QED) is 0.553. The molecule has 0 spiro atoms. The zero-order valence-corrected chi connectivity index (χ0v) is 7.94. The Bertz CT molecular complexity index is 317. The van der Waals surface area contributed by atoms with E-state index in [1.54, 1.807) is 13.0 Å². The van der Waals surface area contributed by atoms with Crippen LogP contribution in [0.25, 0.3) is 6.08 Å². The van der Waals surface area contributed by atoms with Gasteiger partial charge in [0, 0.05) is 11.0 Å². The Balaban J connectivity index is 2.53. The van der Waals surface area contributed by atoms with Crippen LogP contribution in [-0.4, -0.2) is 12.6 Å². The third-order valence-corrected chi connectivity index (χ3v) is 2.10. The van der Waals surface area contributed by atoms with Crippen molar-refractivity contribution in [3.8, 4) is 0 Å². The van der Waals surface area contributed by atoms with Gasteiger partial charge in [0.25, 0.3) is 0 Å². The maximum atomic E-state index is 12.5. The second kappa shape index (κ2) is 4.77. The van der Waals surface area contributed by atoms with Crippen molar-refractivity contribution in [1.29, 1.82) is 0 Å². The highest BCUT2D eigenvalue weighted by Crippen LogP contribution is 2.15. The predicted molar refractivity (Wildman–Crippen MR) is 49.9 cm³/mol. The molecular formula is C9H9FO2S. The van der Waals surface area contributed by atoms with Crippen molar-refractivity contribution in [2.75, 3.05) is 6.61 Å². The molecule has 70 valence electrons. The summed E-state index contributed by atoms with van der Waals surface area (Å²) in [5.74, 6) is -0.406. The minimum atomic E-state index is -0.406. The summed E-state index contributed by atoms with van der Waals surface area (Å²) >= 11 is 0.987. The van der Waals surface area contributed by atoms with E-state index in [1.165, 1.54) is 18.2 Å². The number of carbonyl (C=O) groups is 1. The van der Waals surface area contributed by atoms with Crippen molar-refractivity contribution in [1.82, 2.24) is 0 Å². The van der Waals surface area contributed by atoms with Crippen LogP contribution in [0.5, 0.6) is 0 Å². The average molecular weight is 200 g/mol. The highest BCUT2D eigenvalue weighted by molar-refractivity contribution is 7.11. The number of rotatable bonds is 3. The highest BCUT2D eigenvalue weighted by atomic mass is 32.1. The van der Waals surface area contributed by atoms with E-state index < -0.39 is 5.97 Å². The third kappa shape index (κ3) is 3.38. The third-order valence-electron chi connectivity index (χ3n) is 1.26. The van der Waals surface area contributed by atoms with Crippen molar-refractivity contribution >= 4 is 23.4 Å². The number of hydrogen-bond donors (Lipinski definition) is 0. The van der Waals surface area contributed by atoms with Crippen LogP contribution in [-0.2, 0) is 9.53 Å². The van der Waals surface area contributed by atoms with E-state index in [1.807, 2.05) is 0 Å². The molecule has 0 aliphatic rings. The van der Waals surface area contributed by atoms with Crippen LogP contribution >= 0.6 is 11.3 Å². The molecule has 4 heteroatoms. The van der Waals surface area contributed by atoms with Gasteiger partial charge in [0.2, 0.25) is 0 Å². The molecule has 1 aromatic heterocycles. The fourth-order valence-electron chi connectivity index (χ4n) is 0.758. The summed E-state index contributed by atoms with van der Waals surface area (Å²) in [7, 11) is 0. The molecule has 1 aromatic rings. The molecule has 0 unspecified atom stereocenters. The Morgan fingerprint density at radius 1 is 1.69 bits per heavy atom. The lowest BCUT2D eigenvalue weighted by molar-refractivity contribution is -0.137. The Labute approximate surface area is 79.6 Å². The Hall–Kier alpha value is -1.16. The molecule has 13 heavy (non-hydrogen) atoms. The second-order valence-electron chi connectivity index (χ2n) is 2.23. The van der Waals surface area contributed by atoms with Crippen LogP contribution in [0.2, 0.25) is 0 Å². The lowest BCUT2D eigenvalue weighted by atomic mass is 10.4. The van der Waals surface area contributed by atoms with Gasteiger partial charge in [-0.25, -0.2) is 4.79 Å². The van der Waals surface area contributed by atoms with Crippen molar-refractivity contribution in [3.05, 3.63) is 28.2 Å². The Morgan fingerprint density at radius 3 is 3.00 bits per heavy atom. The summed E-state index contributed by atoms with van der Waals surface area (Å²) in [6, 6.07) is 2.96. The minimum absolute atomic E-state index is 0.261. The van der Waals surface area contributed by atoms with Crippen LogP contribution in [0, 0.1) is 5.13 Å². The molecule has 0 atom stereocenters. The molecule has 1 heterocycles. The summed E-state index contributed by atoms with van der Waals surface area (Å²) in [4.78, 5) is 11.5. The number of hydrogen-bond acceptors (Lipinski definition) is 3. The number of thiophene rings is 1. The highest BCUT2D eigenvalue weighted by Gasteiger charge is 1.96. The lowest BCUT2D eigenvalue weighted by Gasteiger charge is -1.92. The number of halogens is 1. The van der Waals surface area contributed by atoms with Crippen LogP contribution in [0.15, 0.2) is 18.2 Å². The van der Waals surface area contributed by atoms with Gasteiger partial charge in [-0.2, -0.15) is 4.39 Å². The molecule has 1 rings (SSSR count). The maximum Gasteiger partial charge on any atom is 0.330 e. The first-order valence-electron chi connectivity index (χ1n) is 3.82. The first-order valence-corrected chi connectivity index (χ1v) is 4.64. The second-order valence-corrected chi connectivity index (χ2v) is 3.29. The van der Waals surface area contributed by atoms with Gasteiger partial charge in [0.15, 0.2) is 5.13 Å². The van der Waals surface area contributed by atoms with Gasteiger partial charge in [0.1, 0.15) is 0 Å². The standard InChI is InChI=1S/C9H9FO2S/c1-2-12-9(11)6-4-7-3-5-8(10)13-7/h3-6H,2H2,1H3/b6-4+. The lowest BCUT2D eigenvalue weighted by Crippen LogP contribution is -1.98. The van der Waals surface area contributed by atoms with Crippen molar-refractivity contribution < 1.29 is 13.9 Å². The first-order chi connectivity index (χ1) is 6.22. The molecule has 0 aromatic carbocycles. The summed E-state index contributed by atoms with van der Waals surface area (Å²) in [5.41, 5.74) is 0. The van der Waals surface area contributed by atoms with Crippen molar-refractivity contribution in [2.45, 2.75) is 6.92 Å². The van der Waals surface area contributed by atoms with E-state index in [4.69, 9.17) is 0 Å². The number of carbonyl (C=O) groups excluding carboxylic acids is 1. The van der Waals surface area contributed by atoms with E-state index in [9.17, 15) is 9.18 Å². The van der Waals surface area contributed by atoms with Gasteiger partial charge in [-0.05, 0) is 25.1 Å². The first kappa shape index (κ1) is 9.92. The molecule has 0 fully saturated rings. The smallest absolute Gasteiger partial charge is 0.330 e. The van der Waals surface area contributed by atoms with Gasteiger partial charge >= 0.3 is 5.97 Å². The van der Waals surface area contributed by atoms with Crippen LogP contribution < -0.4 is 0 Å². The van der Waals surface area contributed by atoms with E-state index in [-0.39, 0.29) is 5.13 Å². The van der Waals surface area contributed by atoms with E-state index in [2.05, 4.69) is 4.74 Å². The molecule has 0 saturated heterocycles. The average Bonchev–Trinajstić information content (AvgIpc) is 2.49. The molecule has 2 nitrogen and oxygen atoms in total. The minimum Gasteiger partial charge on any atom is -0.463 e. The van der Waals surface area contributed by atoms with E-state index in [0.29, 0.717) is 11.5 Å². The number of esters is 1. The largest absolute Gasteiger partial charge is 0.463 e. The van der Waals surface area contributed by atoms with Crippen LogP contribution in [0.4, 0.5) is 4.39 Å². The molecule has 0 bridgehead atoms. The summed E-state index contributed by atoms with van der Waals surface area (Å²) in [5, 5.41) is -0.261. The van der Waals surface area contributed by atoms with Crippen molar-refractivity contribution in [3.63, 3.8) is 0 Å². The molecule has 0 aliphatic carbocycles. The van der Waals surface area contributed by atoms with E-state index >= 15 is 0 Å². The zero-order valence-electron chi connectivity index (χ0n) is 7.12. The van der Waals surface area contributed by atoms with Crippen LogP contribution in [0.3, 0.4) is 0 Å². The fourth-order valence-corrected chi connectivity index (χ4v) is 1.39. The van der Waals surface area contributed by atoms with Crippen molar-refractivity contribution in [2.24, 2.45) is 0 Å².